The molecule has 0 saturated heterocycles. The van der Waals surface area contributed by atoms with E-state index >= 15 is 0 Å². The van der Waals surface area contributed by atoms with Crippen LogP contribution in [0.2, 0.25) is 0 Å². The number of benzene rings is 1. The highest BCUT2D eigenvalue weighted by Crippen LogP contribution is 2.22. The fourth-order valence-corrected chi connectivity index (χ4v) is 1.06. The minimum atomic E-state index is 0.769. The summed E-state index contributed by atoms with van der Waals surface area (Å²) < 4.78 is 1.67. The van der Waals surface area contributed by atoms with E-state index < -0.39 is 0 Å². The largest absolute Gasteiger partial charge is 0.399 e. The Labute approximate surface area is 76.7 Å². The van der Waals surface area contributed by atoms with Gasteiger partial charge in [-0.25, -0.2) is 2.95 Å². The zero-order chi connectivity index (χ0) is 7.56. The maximum Gasteiger partial charge on any atom is 0.0617 e. The molecule has 0 spiro atoms. The molecule has 4 heteroatoms. The summed E-state index contributed by atoms with van der Waals surface area (Å²) in [5, 5.41) is 0. The van der Waals surface area contributed by atoms with E-state index in [1.165, 1.54) is 0 Å². The first kappa shape index (κ1) is 7.88. The van der Waals surface area contributed by atoms with Gasteiger partial charge in [0.1, 0.15) is 0 Å². The van der Waals surface area contributed by atoms with Crippen LogP contribution < -0.4 is 8.69 Å². The van der Waals surface area contributed by atoms with Gasteiger partial charge < -0.3 is 5.73 Å². The second-order valence-corrected chi connectivity index (χ2v) is 4.19. The van der Waals surface area contributed by atoms with Gasteiger partial charge in [0.15, 0.2) is 0 Å². The van der Waals surface area contributed by atoms with Gasteiger partial charge in [-0.1, -0.05) is 0 Å². The molecule has 2 nitrogen and oxygen atoms in total. The summed E-state index contributed by atoms with van der Waals surface area (Å²) in [7, 11) is 0. The van der Waals surface area contributed by atoms with Crippen molar-refractivity contribution in [3.63, 3.8) is 0 Å². The second kappa shape index (κ2) is 3.25. The number of hydrogen-bond donors (Lipinski definition) is 1. The molecule has 0 radical (unpaired) electrons. The van der Waals surface area contributed by atoms with Gasteiger partial charge in [-0.3, -0.25) is 0 Å². The van der Waals surface area contributed by atoms with Crippen LogP contribution in [0.4, 0.5) is 11.4 Å². The normalized spacial score (nSPS) is 9.40. The Morgan fingerprint density at radius 2 is 1.60 bits per heavy atom. The van der Waals surface area contributed by atoms with Crippen LogP contribution in [0, 0.1) is 0 Å². The van der Waals surface area contributed by atoms with Crippen LogP contribution in [0.1, 0.15) is 0 Å². The van der Waals surface area contributed by atoms with Gasteiger partial charge in [0, 0.05) is 5.69 Å². The average Bonchev–Trinajstić information content (AvgIpc) is 1.88. The van der Waals surface area contributed by atoms with Crippen molar-refractivity contribution < 1.29 is 0 Å². The third-order valence-electron chi connectivity index (χ3n) is 1.09. The Hall–Kier alpha value is -0.220. The van der Waals surface area contributed by atoms with Crippen LogP contribution >= 0.6 is 32.3 Å². The number of nitrogen functional groups attached to an aromatic ring is 1. The lowest BCUT2D eigenvalue weighted by atomic mass is 10.3. The van der Waals surface area contributed by atoms with Crippen LogP contribution in [-0.2, 0) is 0 Å². The third-order valence-corrected chi connectivity index (χ3v) is 1.91. The third kappa shape index (κ3) is 1.88. The van der Waals surface area contributed by atoms with E-state index in [2.05, 4.69) is 32.3 Å². The number of nitrogens with two attached hydrogens (primary N) is 1. The monoisotopic (exact) mass is 264 g/mol. The first-order valence-electron chi connectivity index (χ1n) is 2.67. The maximum atomic E-state index is 5.48. The summed E-state index contributed by atoms with van der Waals surface area (Å²) in [5.74, 6) is 0. The molecule has 0 unspecified atom stereocenters. The van der Waals surface area contributed by atoms with Crippen LogP contribution in [0.3, 0.4) is 0 Å². The minimum absolute atomic E-state index is 0.769. The van der Waals surface area contributed by atoms with Crippen molar-refractivity contribution >= 4 is 43.7 Å². The van der Waals surface area contributed by atoms with Crippen LogP contribution in [0.15, 0.2) is 24.3 Å². The molecule has 0 heterocycles. The fraction of sp³-hybridized carbons (Fsp3) is 0. The first-order valence-corrected chi connectivity index (χ1v) is 4.09. The molecule has 0 atom stereocenters. The molecule has 1 rings (SSSR count). The lowest BCUT2D eigenvalue weighted by Crippen LogP contribution is -1.90. The molecule has 0 aliphatic carbocycles. The van der Waals surface area contributed by atoms with Crippen molar-refractivity contribution in [3.8, 4) is 0 Å². The van der Waals surface area contributed by atoms with Crippen molar-refractivity contribution in [2.24, 2.45) is 0 Å². The summed E-state index contributed by atoms with van der Waals surface area (Å²) in [6, 6.07) is 7.48. The topological polar surface area (TPSA) is 29.3 Å². The standard InChI is InChI=1S/C6H6Br2N2/c7-10(8)6-3-1-5(9)2-4-6/h1-4H,9H2. The highest BCUT2D eigenvalue weighted by molar-refractivity contribution is 9.25. The van der Waals surface area contributed by atoms with Crippen molar-refractivity contribution in [2.75, 3.05) is 8.69 Å². The van der Waals surface area contributed by atoms with Crippen molar-refractivity contribution in [1.29, 1.82) is 0 Å². The van der Waals surface area contributed by atoms with Gasteiger partial charge in [0.25, 0.3) is 0 Å². The molecular weight excluding hydrogens is 260 g/mol. The molecule has 0 aliphatic heterocycles. The van der Waals surface area contributed by atoms with Crippen LogP contribution in [0.5, 0.6) is 0 Å². The Morgan fingerprint density at radius 1 is 1.10 bits per heavy atom. The number of hydrogen-bond acceptors (Lipinski definition) is 2. The van der Waals surface area contributed by atoms with E-state index in [9.17, 15) is 0 Å². The number of rotatable bonds is 1. The zero-order valence-corrected chi connectivity index (χ0v) is 8.26. The van der Waals surface area contributed by atoms with Gasteiger partial charge in [-0.05, 0) is 24.3 Å². The SMILES string of the molecule is Nc1ccc(N(Br)Br)cc1. The van der Waals surface area contributed by atoms with E-state index in [0.29, 0.717) is 0 Å². The Morgan fingerprint density at radius 3 is 2.00 bits per heavy atom. The summed E-state index contributed by atoms with van der Waals surface area (Å²) in [5.41, 5.74) is 7.26. The molecule has 1 aromatic carbocycles. The Kier molecular flexibility index (Phi) is 2.56. The van der Waals surface area contributed by atoms with Crippen molar-refractivity contribution in [3.05, 3.63) is 24.3 Å². The van der Waals surface area contributed by atoms with E-state index in [1.807, 2.05) is 24.3 Å². The molecule has 10 heavy (non-hydrogen) atoms. The van der Waals surface area contributed by atoms with Crippen LogP contribution in [0.25, 0.3) is 0 Å². The molecule has 0 aliphatic rings. The number of nitrogens with zero attached hydrogens (tertiary/aromatic N) is 1. The summed E-state index contributed by atoms with van der Waals surface area (Å²) in [6.45, 7) is 0. The predicted molar refractivity (Wildman–Crippen MR) is 51.2 cm³/mol. The smallest absolute Gasteiger partial charge is 0.0617 e. The molecule has 0 aromatic heterocycles. The van der Waals surface area contributed by atoms with E-state index in [-0.39, 0.29) is 0 Å². The molecule has 54 valence electrons. The van der Waals surface area contributed by atoms with E-state index in [4.69, 9.17) is 5.73 Å². The molecule has 2 N–H and O–H groups in total. The lowest BCUT2D eigenvalue weighted by molar-refractivity contribution is 1.63. The average molecular weight is 266 g/mol. The number of halogens is 2. The zero-order valence-electron chi connectivity index (χ0n) is 5.09. The highest BCUT2D eigenvalue weighted by atomic mass is 79.9. The fourth-order valence-electron chi connectivity index (χ4n) is 0.587. The van der Waals surface area contributed by atoms with Gasteiger partial charge in [0.05, 0.1) is 38.0 Å². The van der Waals surface area contributed by atoms with Crippen LogP contribution in [-0.4, -0.2) is 0 Å². The van der Waals surface area contributed by atoms with Gasteiger partial charge in [-0.2, -0.15) is 0 Å². The Bertz CT molecular complexity index is 207. The summed E-state index contributed by atoms with van der Waals surface area (Å²) in [4.78, 5) is 0. The predicted octanol–water partition coefficient (Wildman–Crippen LogP) is 2.70. The second-order valence-electron chi connectivity index (χ2n) is 1.82. The first-order chi connectivity index (χ1) is 4.70. The lowest BCUT2D eigenvalue weighted by Gasteiger charge is -2.05. The van der Waals surface area contributed by atoms with Gasteiger partial charge in [0.2, 0.25) is 0 Å². The van der Waals surface area contributed by atoms with E-state index in [0.717, 1.165) is 11.4 Å². The molecule has 0 saturated carbocycles. The van der Waals surface area contributed by atoms with Crippen molar-refractivity contribution in [1.82, 2.24) is 0 Å². The van der Waals surface area contributed by atoms with E-state index in [1.54, 1.807) is 2.95 Å². The molecule has 1 aromatic rings. The maximum absolute atomic E-state index is 5.48. The highest BCUT2D eigenvalue weighted by Gasteiger charge is 1.94. The molecular formula is C6H6Br2N2. The molecule has 0 bridgehead atoms. The number of anilines is 2. The minimum Gasteiger partial charge on any atom is -0.399 e. The van der Waals surface area contributed by atoms with Gasteiger partial charge >= 0.3 is 0 Å². The molecule has 0 amide bonds. The molecule has 0 fully saturated rings. The summed E-state index contributed by atoms with van der Waals surface area (Å²) in [6.07, 6.45) is 0. The Balaban J connectivity index is 2.89. The quantitative estimate of drug-likeness (QED) is 0.625. The van der Waals surface area contributed by atoms with Crippen molar-refractivity contribution in [2.45, 2.75) is 0 Å². The van der Waals surface area contributed by atoms with Gasteiger partial charge in [-0.15, -0.1) is 0 Å². The summed E-state index contributed by atoms with van der Waals surface area (Å²) >= 11 is 6.43.